The molecule has 0 bridgehead atoms. The molecule has 0 saturated heterocycles. The molecule has 1 saturated carbocycles. The summed E-state index contributed by atoms with van der Waals surface area (Å²) in [4.78, 5) is 12.2. The molecular formula is C15H20BrNO2. The normalized spacial score (nSPS) is 24.2. The molecule has 0 spiro atoms. The summed E-state index contributed by atoms with van der Waals surface area (Å²) in [5.74, 6) is -0.260. The number of halogens is 1. The van der Waals surface area contributed by atoms with Crippen molar-refractivity contribution >= 4 is 21.8 Å². The van der Waals surface area contributed by atoms with E-state index in [1.807, 2.05) is 24.3 Å². The van der Waals surface area contributed by atoms with Gasteiger partial charge in [-0.3, -0.25) is 4.79 Å². The number of amides is 1. The summed E-state index contributed by atoms with van der Waals surface area (Å²) in [6.45, 7) is 2.05. The first-order valence-corrected chi connectivity index (χ1v) is 7.65. The number of aliphatic hydroxyl groups excluding tert-OH is 1. The van der Waals surface area contributed by atoms with Gasteiger partial charge in [0.2, 0.25) is 5.91 Å². The van der Waals surface area contributed by atoms with Gasteiger partial charge in [-0.05, 0) is 37.3 Å². The van der Waals surface area contributed by atoms with E-state index in [2.05, 4.69) is 28.2 Å². The number of carbonyl (C=O) groups is 1. The highest BCUT2D eigenvalue weighted by molar-refractivity contribution is 9.10. The highest BCUT2D eigenvalue weighted by Crippen LogP contribution is 2.29. The van der Waals surface area contributed by atoms with Crippen LogP contribution in [0.4, 0.5) is 0 Å². The first kappa shape index (κ1) is 14.5. The smallest absolute Gasteiger partial charge is 0.226 e. The van der Waals surface area contributed by atoms with Gasteiger partial charge >= 0.3 is 0 Å². The number of hydrogen-bond acceptors (Lipinski definition) is 2. The lowest BCUT2D eigenvalue weighted by Crippen LogP contribution is -2.37. The van der Waals surface area contributed by atoms with Crippen LogP contribution in [0.5, 0.6) is 0 Å². The van der Waals surface area contributed by atoms with E-state index < -0.39 is 6.10 Å². The molecule has 1 aliphatic rings. The molecule has 104 valence electrons. The van der Waals surface area contributed by atoms with E-state index in [1.54, 1.807) is 0 Å². The Morgan fingerprint density at radius 1 is 1.47 bits per heavy atom. The molecule has 3 nitrogen and oxygen atoms in total. The number of hydrogen-bond donors (Lipinski definition) is 2. The Kier molecular flexibility index (Phi) is 4.99. The van der Waals surface area contributed by atoms with Crippen LogP contribution in [-0.4, -0.2) is 17.1 Å². The van der Waals surface area contributed by atoms with Gasteiger partial charge in [0.25, 0.3) is 0 Å². The fourth-order valence-electron chi connectivity index (χ4n) is 2.68. The van der Waals surface area contributed by atoms with Crippen molar-refractivity contribution in [1.29, 1.82) is 0 Å². The van der Waals surface area contributed by atoms with Gasteiger partial charge < -0.3 is 10.4 Å². The maximum Gasteiger partial charge on any atom is 0.226 e. The zero-order chi connectivity index (χ0) is 13.8. The van der Waals surface area contributed by atoms with Crippen molar-refractivity contribution < 1.29 is 9.90 Å². The van der Waals surface area contributed by atoms with Gasteiger partial charge in [0.15, 0.2) is 0 Å². The predicted octanol–water partition coefficient (Wildman–Crippen LogP) is 3.18. The number of carbonyl (C=O) groups excluding carboxylic acids is 1. The minimum absolute atomic E-state index is 0.00382. The third kappa shape index (κ3) is 3.37. The molecule has 1 aromatic rings. The van der Waals surface area contributed by atoms with E-state index >= 15 is 0 Å². The monoisotopic (exact) mass is 325 g/mol. The van der Waals surface area contributed by atoms with E-state index in [-0.39, 0.29) is 17.9 Å². The fraction of sp³-hybridized carbons (Fsp3) is 0.533. The molecule has 0 heterocycles. The van der Waals surface area contributed by atoms with E-state index in [0.29, 0.717) is 0 Å². The summed E-state index contributed by atoms with van der Waals surface area (Å²) in [7, 11) is 0. The first-order chi connectivity index (χ1) is 9.13. The van der Waals surface area contributed by atoms with Gasteiger partial charge in [0.1, 0.15) is 0 Å². The fourth-order valence-corrected chi connectivity index (χ4v) is 3.24. The van der Waals surface area contributed by atoms with Crippen LogP contribution in [0.15, 0.2) is 28.7 Å². The molecule has 3 unspecified atom stereocenters. The largest absolute Gasteiger partial charge is 0.392 e. The molecule has 19 heavy (non-hydrogen) atoms. The highest BCUT2D eigenvalue weighted by Gasteiger charge is 2.32. The maximum atomic E-state index is 12.2. The molecular weight excluding hydrogens is 306 g/mol. The Morgan fingerprint density at radius 2 is 2.21 bits per heavy atom. The van der Waals surface area contributed by atoms with Gasteiger partial charge in [0, 0.05) is 4.47 Å². The van der Waals surface area contributed by atoms with Gasteiger partial charge in [-0.25, -0.2) is 0 Å². The van der Waals surface area contributed by atoms with Crippen LogP contribution >= 0.6 is 15.9 Å². The third-order valence-corrected chi connectivity index (χ3v) is 4.54. The molecule has 4 heteroatoms. The Morgan fingerprint density at radius 3 is 2.79 bits per heavy atom. The van der Waals surface area contributed by atoms with Gasteiger partial charge in [-0.1, -0.05) is 41.1 Å². The topological polar surface area (TPSA) is 49.3 Å². The average Bonchev–Trinajstić information content (AvgIpc) is 2.83. The maximum absolute atomic E-state index is 12.2. The van der Waals surface area contributed by atoms with Gasteiger partial charge in [-0.15, -0.1) is 0 Å². The minimum Gasteiger partial charge on any atom is -0.392 e. The Hall–Kier alpha value is -0.870. The summed E-state index contributed by atoms with van der Waals surface area (Å²) in [5, 5.41) is 12.9. The molecule has 1 aliphatic carbocycles. The van der Waals surface area contributed by atoms with E-state index in [1.165, 1.54) is 0 Å². The number of rotatable bonds is 4. The van der Waals surface area contributed by atoms with Crippen LogP contribution in [-0.2, 0) is 4.79 Å². The number of benzene rings is 1. The molecule has 2 N–H and O–H groups in total. The minimum atomic E-state index is -0.475. The van der Waals surface area contributed by atoms with Crippen LogP contribution in [0.2, 0.25) is 0 Å². The molecule has 2 rings (SSSR count). The highest BCUT2D eigenvalue weighted by atomic mass is 79.9. The van der Waals surface area contributed by atoms with Crippen molar-refractivity contribution in [3.8, 4) is 0 Å². The lowest BCUT2D eigenvalue weighted by atomic mass is 10.0. The first-order valence-electron chi connectivity index (χ1n) is 6.86. The molecule has 1 amide bonds. The standard InChI is InChI=1S/C15H20BrNO2/c1-2-13(10-6-3-4-8-12(10)16)17-15(19)11-7-5-9-14(11)18/h3-4,6,8,11,13-14,18H,2,5,7,9H2,1H3,(H,17,19). The quantitative estimate of drug-likeness (QED) is 0.893. The van der Waals surface area contributed by atoms with Crippen molar-refractivity contribution in [2.75, 3.05) is 0 Å². The summed E-state index contributed by atoms with van der Waals surface area (Å²) < 4.78 is 1.01. The average molecular weight is 326 g/mol. The van der Waals surface area contributed by atoms with Crippen molar-refractivity contribution in [1.82, 2.24) is 5.32 Å². The van der Waals surface area contributed by atoms with Crippen molar-refractivity contribution in [3.05, 3.63) is 34.3 Å². The van der Waals surface area contributed by atoms with Crippen LogP contribution in [0.3, 0.4) is 0 Å². The van der Waals surface area contributed by atoms with E-state index in [4.69, 9.17) is 0 Å². The second kappa shape index (κ2) is 6.53. The molecule has 0 aliphatic heterocycles. The van der Waals surface area contributed by atoms with Gasteiger partial charge in [0.05, 0.1) is 18.1 Å². The summed E-state index contributed by atoms with van der Waals surface area (Å²) >= 11 is 3.52. The van der Waals surface area contributed by atoms with Crippen LogP contribution < -0.4 is 5.32 Å². The molecule has 3 atom stereocenters. The van der Waals surface area contributed by atoms with Crippen LogP contribution in [0, 0.1) is 5.92 Å². The van der Waals surface area contributed by atoms with Crippen molar-refractivity contribution in [2.45, 2.75) is 44.8 Å². The SMILES string of the molecule is CCC(NC(=O)C1CCCC1O)c1ccccc1Br. The second-order valence-corrected chi connectivity index (χ2v) is 5.95. The number of aliphatic hydroxyl groups is 1. The Bertz CT molecular complexity index is 450. The zero-order valence-corrected chi connectivity index (χ0v) is 12.7. The van der Waals surface area contributed by atoms with E-state index in [9.17, 15) is 9.90 Å². The Balaban J connectivity index is 2.07. The molecule has 1 aromatic carbocycles. The summed E-state index contributed by atoms with van der Waals surface area (Å²) in [5.41, 5.74) is 1.09. The molecule has 0 aromatic heterocycles. The summed E-state index contributed by atoms with van der Waals surface area (Å²) in [6.07, 6.45) is 2.82. The van der Waals surface area contributed by atoms with Crippen LogP contribution in [0.25, 0.3) is 0 Å². The lowest BCUT2D eigenvalue weighted by molar-refractivity contribution is -0.128. The van der Waals surface area contributed by atoms with E-state index in [0.717, 1.165) is 35.7 Å². The lowest BCUT2D eigenvalue weighted by Gasteiger charge is -2.22. The molecule has 0 radical (unpaired) electrons. The van der Waals surface area contributed by atoms with Crippen molar-refractivity contribution in [3.63, 3.8) is 0 Å². The number of nitrogens with one attached hydrogen (secondary N) is 1. The van der Waals surface area contributed by atoms with Crippen molar-refractivity contribution in [2.24, 2.45) is 5.92 Å². The van der Waals surface area contributed by atoms with Gasteiger partial charge in [-0.2, -0.15) is 0 Å². The summed E-state index contributed by atoms with van der Waals surface area (Å²) in [6, 6.07) is 7.93. The molecule has 1 fully saturated rings. The third-order valence-electron chi connectivity index (χ3n) is 3.82. The Labute approximate surface area is 122 Å². The van der Waals surface area contributed by atoms with Crippen LogP contribution in [0.1, 0.15) is 44.2 Å². The second-order valence-electron chi connectivity index (χ2n) is 5.10. The predicted molar refractivity (Wildman–Crippen MR) is 78.7 cm³/mol. The zero-order valence-electron chi connectivity index (χ0n) is 11.1.